The number of rotatable bonds is 5. The number of nitrogens with one attached hydrogen (secondary N) is 1. The van der Waals surface area contributed by atoms with Crippen molar-refractivity contribution in [2.24, 2.45) is 11.8 Å². The lowest BCUT2D eigenvalue weighted by Crippen LogP contribution is -2.34. The summed E-state index contributed by atoms with van der Waals surface area (Å²) in [6, 6.07) is 2.50. The SMILES string of the molecule is CS(=O)(=O)NCc1ccc(C(=O)N2C[C@@H](C(F)(F)F)[C@H](C(=O)O)C2)o1. The largest absolute Gasteiger partial charge is 0.481 e. The predicted octanol–water partition coefficient (Wildman–Crippen LogP) is 0.664. The van der Waals surface area contributed by atoms with Crippen molar-refractivity contribution in [2.45, 2.75) is 12.7 Å². The van der Waals surface area contributed by atoms with Gasteiger partial charge in [-0.2, -0.15) is 13.2 Å². The van der Waals surface area contributed by atoms with Crippen molar-refractivity contribution in [1.29, 1.82) is 0 Å². The van der Waals surface area contributed by atoms with Gasteiger partial charge in [-0.3, -0.25) is 9.59 Å². The van der Waals surface area contributed by atoms with E-state index in [4.69, 9.17) is 9.52 Å². The van der Waals surface area contributed by atoms with E-state index in [1.54, 1.807) is 0 Å². The number of carboxylic acid groups (broad SMARTS) is 1. The van der Waals surface area contributed by atoms with E-state index in [-0.39, 0.29) is 18.1 Å². The number of sulfonamides is 1. The van der Waals surface area contributed by atoms with Gasteiger partial charge in [0.05, 0.1) is 24.6 Å². The maximum absolute atomic E-state index is 12.9. The summed E-state index contributed by atoms with van der Waals surface area (Å²) in [6.07, 6.45) is -3.82. The van der Waals surface area contributed by atoms with E-state index in [1.165, 1.54) is 12.1 Å². The maximum atomic E-state index is 12.9. The lowest BCUT2D eigenvalue weighted by molar-refractivity contribution is -0.187. The van der Waals surface area contributed by atoms with Crippen LogP contribution in [0.3, 0.4) is 0 Å². The Hall–Kier alpha value is -2.08. The number of halogens is 3. The molecule has 12 heteroatoms. The highest BCUT2D eigenvalue weighted by molar-refractivity contribution is 7.88. The van der Waals surface area contributed by atoms with Crippen LogP contribution < -0.4 is 4.72 Å². The molecule has 2 atom stereocenters. The number of likely N-dealkylation sites (tertiary alicyclic amines) is 1. The van der Waals surface area contributed by atoms with Gasteiger partial charge in [-0.25, -0.2) is 13.1 Å². The van der Waals surface area contributed by atoms with Gasteiger partial charge in [0.2, 0.25) is 10.0 Å². The number of alkyl halides is 3. The van der Waals surface area contributed by atoms with E-state index in [0.29, 0.717) is 0 Å². The number of hydrogen-bond acceptors (Lipinski definition) is 5. The van der Waals surface area contributed by atoms with Gasteiger partial charge < -0.3 is 14.4 Å². The fraction of sp³-hybridized carbons (Fsp3) is 0.538. The summed E-state index contributed by atoms with van der Waals surface area (Å²) in [4.78, 5) is 24.0. The minimum Gasteiger partial charge on any atom is -0.481 e. The molecular weight excluding hydrogens is 369 g/mol. The molecule has 2 N–H and O–H groups in total. The van der Waals surface area contributed by atoms with E-state index in [0.717, 1.165) is 11.2 Å². The van der Waals surface area contributed by atoms with Gasteiger partial charge >= 0.3 is 12.1 Å². The van der Waals surface area contributed by atoms with Crippen LogP contribution in [0.1, 0.15) is 16.3 Å². The molecule has 0 bridgehead atoms. The van der Waals surface area contributed by atoms with Gasteiger partial charge in [0, 0.05) is 13.1 Å². The highest BCUT2D eigenvalue weighted by atomic mass is 32.2. The van der Waals surface area contributed by atoms with Crippen LogP contribution in [0.15, 0.2) is 16.5 Å². The van der Waals surface area contributed by atoms with Crippen LogP contribution in [0.5, 0.6) is 0 Å². The number of carbonyl (C=O) groups excluding carboxylic acids is 1. The molecule has 0 aliphatic carbocycles. The number of amides is 1. The van der Waals surface area contributed by atoms with Crippen LogP contribution in [0, 0.1) is 11.8 Å². The zero-order valence-corrected chi connectivity index (χ0v) is 13.7. The molecule has 25 heavy (non-hydrogen) atoms. The molecule has 1 saturated heterocycles. The highest BCUT2D eigenvalue weighted by Gasteiger charge is 2.53. The van der Waals surface area contributed by atoms with Gasteiger partial charge in [-0.05, 0) is 12.1 Å². The van der Waals surface area contributed by atoms with Crippen LogP contribution in [0.4, 0.5) is 13.2 Å². The molecule has 8 nitrogen and oxygen atoms in total. The molecule has 1 aliphatic heterocycles. The third-order valence-corrected chi connectivity index (χ3v) is 4.39. The number of hydrogen-bond donors (Lipinski definition) is 2. The minimum absolute atomic E-state index is 0.0927. The van der Waals surface area contributed by atoms with E-state index in [9.17, 15) is 31.2 Å². The fourth-order valence-corrected chi connectivity index (χ4v) is 2.90. The second-order valence-corrected chi connectivity index (χ2v) is 7.50. The average Bonchev–Trinajstić information content (AvgIpc) is 3.10. The average molecular weight is 384 g/mol. The van der Waals surface area contributed by atoms with Crippen LogP contribution in [0.2, 0.25) is 0 Å². The molecule has 1 amide bonds. The summed E-state index contributed by atoms with van der Waals surface area (Å²) in [5, 5.41) is 8.94. The summed E-state index contributed by atoms with van der Waals surface area (Å²) in [6.45, 7) is -1.60. The molecule has 2 heterocycles. The Morgan fingerprint density at radius 2 is 2.00 bits per heavy atom. The normalized spacial score (nSPS) is 21.5. The van der Waals surface area contributed by atoms with Crippen molar-refractivity contribution in [3.8, 4) is 0 Å². The molecule has 140 valence electrons. The molecular formula is C13H15F3N2O6S. The zero-order valence-electron chi connectivity index (χ0n) is 12.9. The van der Waals surface area contributed by atoms with Crippen molar-refractivity contribution >= 4 is 21.9 Å². The summed E-state index contributed by atoms with van der Waals surface area (Å²) in [7, 11) is -3.49. The van der Waals surface area contributed by atoms with Crippen molar-refractivity contribution in [3.05, 3.63) is 23.7 Å². The monoisotopic (exact) mass is 384 g/mol. The van der Waals surface area contributed by atoms with Crippen molar-refractivity contribution < 1.29 is 40.7 Å². The van der Waals surface area contributed by atoms with Crippen LogP contribution in [-0.4, -0.2) is 55.8 Å². The van der Waals surface area contributed by atoms with E-state index in [1.807, 2.05) is 0 Å². The molecule has 2 rings (SSSR count). The van der Waals surface area contributed by atoms with E-state index in [2.05, 4.69) is 4.72 Å². The van der Waals surface area contributed by atoms with Gasteiger partial charge in [-0.15, -0.1) is 0 Å². The summed E-state index contributed by atoms with van der Waals surface area (Å²) < 4.78 is 68.1. The first-order valence-corrected chi connectivity index (χ1v) is 8.90. The van der Waals surface area contributed by atoms with Gasteiger partial charge in [-0.1, -0.05) is 0 Å². The summed E-state index contributed by atoms with van der Waals surface area (Å²) in [5.74, 6) is -6.62. The molecule has 1 aliphatic rings. The molecule has 0 spiro atoms. The summed E-state index contributed by atoms with van der Waals surface area (Å²) >= 11 is 0. The number of carbonyl (C=O) groups is 2. The predicted molar refractivity (Wildman–Crippen MR) is 77.0 cm³/mol. The first-order chi connectivity index (χ1) is 11.4. The number of carboxylic acids is 1. The standard InChI is InChI=1S/C13H15F3N2O6S/c1-25(22,23)17-4-7-2-3-10(24-7)11(19)18-5-8(12(20)21)9(6-18)13(14,15)16/h2-3,8-9,17H,4-6H2,1H3,(H,20,21)/t8-,9-/m1/s1. The highest BCUT2D eigenvalue weighted by Crippen LogP contribution is 2.38. The Morgan fingerprint density at radius 1 is 1.36 bits per heavy atom. The quantitative estimate of drug-likeness (QED) is 0.770. The maximum Gasteiger partial charge on any atom is 0.394 e. The van der Waals surface area contributed by atoms with Crippen molar-refractivity contribution in [2.75, 3.05) is 19.3 Å². The molecule has 0 saturated carbocycles. The Morgan fingerprint density at radius 3 is 2.48 bits per heavy atom. The summed E-state index contributed by atoms with van der Waals surface area (Å²) in [5.41, 5.74) is 0. The number of furan rings is 1. The van der Waals surface area contributed by atoms with Crippen molar-refractivity contribution in [1.82, 2.24) is 9.62 Å². The Kier molecular flexibility index (Phi) is 5.14. The van der Waals surface area contributed by atoms with Crippen molar-refractivity contribution in [3.63, 3.8) is 0 Å². The molecule has 0 aromatic carbocycles. The zero-order chi connectivity index (χ0) is 19.0. The third-order valence-electron chi connectivity index (χ3n) is 3.73. The number of nitrogens with zero attached hydrogens (tertiary/aromatic N) is 1. The molecule has 1 fully saturated rings. The lowest BCUT2D eigenvalue weighted by atomic mass is 9.96. The van der Waals surface area contributed by atoms with Crippen LogP contribution >= 0.6 is 0 Å². The van der Waals surface area contributed by atoms with E-state index >= 15 is 0 Å². The third kappa shape index (κ3) is 4.72. The van der Waals surface area contributed by atoms with Gasteiger partial charge in [0.25, 0.3) is 5.91 Å². The Labute approximate surface area is 140 Å². The van der Waals surface area contributed by atoms with Gasteiger partial charge in [0.1, 0.15) is 5.76 Å². The Balaban J connectivity index is 2.11. The van der Waals surface area contributed by atoms with Crippen LogP contribution in [-0.2, 0) is 21.4 Å². The Bertz CT molecular complexity index is 773. The topological polar surface area (TPSA) is 117 Å². The smallest absolute Gasteiger partial charge is 0.394 e. The van der Waals surface area contributed by atoms with Crippen LogP contribution in [0.25, 0.3) is 0 Å². The first-order valence-electron chi connectivity index (χ1n) is 7.00. The second-order valence-electron chi connectivity index (χ2n) is 5.66. The molecule has 1 aromatic heterocycles. The first kappa shape index (κ1) is 19.2. The second kappa shape index (κ2) is 6.67. The van der Waals surface area contributed by atoms with Gasteiger partial charge in [0.15, 0.2) is 5.76 Å². The fourth-order valence-electron chi connectivity index (χ4n) is 2.50. The minimum atomic E-state index is -4.74. The molecule has 1 aromatic rings. The molecule has 0 unspecified atom stereocenters. The number of aliphatic carboxylic acids is 1. The lowest BCUT2D eigenvalue weighted by Gasteiger charge is -2.17. The van der Waals surface area contributed by atoms with E-state index < -0.39 is 53.0 Å². The molecule has 0 radical (unpaired) electrons.